The highest BCUT2D eigenvalue weighted by Gasteiger charge is 2.15. The predicted molar refractivity (Wildman–Crippen MR) is 91.5 cm³/mol. The summed E-state index contributed by atoms with van der Waals surface area (Å²) in [5.74, 6) is 0. The predicted octanol–water partition coefficient (Wildman–Crippen LogP) is 5.45. The molecule has 0 amide bonds. The maximum Gasteiger partial charge on any atom is 0.0673 e. The van der Waals surface area contributed by atoms with E-state index < -0.39 is 0 Å². The lowest BCUT2D eigenvalue weighted by atomic mass is 10.1. The Morgan fingerprint density at radius 1 is 0.950 bits per heavy atom. The first-order valence-corrected chi connectivity index (χ1v) is 8.93. The molecule has 3 rings (SSSR count). The van der Waals surface area contributed by atoms with Gasteiger partial charge >= 0.3 is 0 Å². The van der Waals surface area contributed by atoms with Crippen LogP contribution in [0, 0.1) is 0 Å². The Morgan fingerprint density at radius 2 is 1.80 bits per heavy atom. The Bertz CT molecular complexity index is 646. The molecule has 1 nitrogen and oxygen atoms in total. The van der Waals surface area contributed by atoms with Crippen LogP contribution in [-0.2, 0) is 6.54 Å². The van der Waals surface area contributed by atoms with Crippen LogP contribution < -0.4 is 5.32 Å². The molecule has 102 valence electrons. The molecule has 2 aromatic heterocycles. The van der Waals surface area contributed by atoms with Gasteiger partial charge < -0.3 is 5.32 Å². The molecule has 0 fully saturated rings. The Labute approximate surface area is 135 Å². The average Bonchev–Trinajstić information content (AvgIpc) is 3.13. The zero-order valence-electron chi connectivity index (χ0n) is 10.8. The standard InChI is InChI=1S/C16H14BrNS2/c17-13-8-10-20-15(13)11-18-16(14-7-4-9-19-14)12-5-2-1-3-6-12/h1-10,16,18H,11H2. The van der Waals surface area contributed by atoms with Crippen molar-refractivity contribution in [1.29, 1.82) is 0 Å². The van der Waals surface area contributed by atoms with Crippen LogP contribution in [-0.4, -0.2) is 0 Å². The summed E-state index contributed by atoms with van der Waals surface area (Å²) in [4.78, 5) is 2.69. The number of thiophene rings is 2. The van der Waals surface area contributed by atoms with Gasteiger partial charge in [-0.25, -0.2) is 0 Å². The molecule has 3 aromatic rings. The van der Waals surface area contributed by atoms with Gasteiger partial charge in [-0.3, -0.25) is 0 Å². The highest BCUT2D eigenvalue weighted by molar-refractivity contribution is 9.10. The quantitative estimate of drug-likeness (QED) is 0.635. The molecule has 0 aliphatic rings. The normalized spacial score (nSPS) is 12.4. The van der Waals surface area contributed by atoms with Crippen molar-refractivity contribution in [1.82, 2.24) is 5.32 Å². The Morgan fingerprint density at radius 3 is 2.45 bits per heavy atom. The van der Waals surface area contributed by atoms with Crippen molar-refractivity contribution in [3.05, 3.63) is 79.1 Å². The maximum atomic E-state index is 3.67. The molecule has 0 saturated heterocycles. The van der Waals surface area contributed by atoms with Crippen molar-refractivity contribution in [2.75, 3.05) is 0 Å². The Hall–Kier alpha value is -0.940. The summed E-state index contributed by atoms with van der Waals surface area (Å²) in [6.07, 6.45) is 0. The molecular weight excluding hydrogens is 350 g/mol. The van der Waals surface area contributed by atoms with Gasteiger partial charge in [-0.15, -0.1) is 22.7 Å². The highest BCUT2D eigenvalue weighted by Crippen LogP contribution is 2.28. The number of benzene rings is 1. The van der Waals surface area contributed by atoms with Crippen molar-refractivity contribution in [2.24, 2.45) is 0 Å². The summed E-state index contributed by atoms with van der Waals surface area (Å²) < 4.78 is 1.19. The molecule has 0 aliphatic heterocycles. The van der Waals surface area contributed by atoms with Crippen LogP contribution in [0.15, 0.2) is 63.8 Å². The van der Waals surface area contributed by atoms with Crippen LogP contribution >= 0.6 is 38.6 Å². The van der Waals surface area contributed by atoms with E-state index >= 15 is 0 Å². The van der Waals surface area contributed by atoms with Crippen molar-refractivity contribution >= 4 is 38.6 Å². The molecule has 0 bridgehead atoms. The lowest BCUT2D eigenvalue weighted by molar-refractivity contribution is 0.617. The van der Waals surface area contributed by atoms with Gasteiger partial charge in [0.1, 0.15) is 0 Å². The van der Waals surface area contributed by atoms with E-state index in [2.05, 4.69) is 80.5 Å². The fourth-order valence-corrected chi connectivity index (χ4v) is 4.40. The third kappa shape index (κ3) is 3.20. The molecular formula is C16H14BrNS2. The van der Waals surface area contributed by atoms with Crippen LogP contribution in [0.5, 0.6) is 0 Å². The smallest absolute Gasteiger partial charge is 0.0673 e. The molecule has 0 aliphatic carbocycles. The van der Waals surface area contributed by atoms with Crippen molar-refractivity contribution in [2.45, 2.75) is 12.6 Å². The van der Waals surface area contributed by atoms with Crippen LogP contribution in [0.2, 0.25) is 0 Å². The number of hydrogen-bond acceptors (Lipinski definition) is 3. The molecule has 1 unspecified atom stereocenters. The van der Waals surface area contributed by atoms with Crippen molar-refractivity contribution in [3.63, 3.8) is 0 Å². The summed E-state index contributed by atoms with van der Waals surface area (Å²) >= 11 is 7.17. The summed E-state index contributed by atoms with van der Waals surface area (Å²) in [7, 11) is 0. The topological polar surface area (TPSA) is 12.0 Å². The monoisotopic (exact) mass is 363 g/mol. The minimum absolute atomic E-state index is 0.255. The van der Waals surface area contributed by atoms with Gasteiger partial charge in [-0.1, -0.05) is 36.4 Å². The molecule has 1 atom stereocenters. The van der Waals surface area contributed by atoms with Gasteiger partial charge in [-0.05, 0) is 44.4 Å². The van der Waals surface area contributed by atoms with E-state index in [1.807, 2.05) is 0 Å². The SMILES string of the molecule is Brc1ccsc1CNC(c1ccccc1)c1cccs1. The number of nitrogens with one attached hydrogen (secondary N) is 1. The number of hydrogen-bond donors (Lipinski definition) is 1. The molecule has 4 heteroatoms. The molecule has 0 radical (unpaired) electrons. The second-order valence-corrected chi connectivity index (χ2v) is 7.27. The second-order valence-electron chi connectivity index (χ2n) is 4.43. The molecule has 0 saturated carbocycles. The molecule has 0 spiro atoms. The Balaban J connectivity index is 1.82. The van der Waals surface area contributed by atoms with Gasteiger partial charge in [0.25, 0.3) is 0 Å². The van der Waals surface area contributed by atoms with Gasteiger partial charge in [0.05, 0.1) is 6.04 Å². The fraction of sp³-hybridized carbons (Fsp3) is 0.125. The number of rotatable bonds is 5. The van der Waals surface area contributed by atoms with Crippen molar-refractivity contribution in [3.8, 4) is 0 Å². The van der Waals surface area contributed by atoms with E-state index in [1.54, 1.807) is 22.7 Å². The van der Waals surface area contributed by atoms with E-state index in [1.165, 1.54) is 19.8 Å². The lowest BCUT2D eigenvalue weighted by Gasteiger charge is -2.17. The molecule has 2 heterocycles. The second kappa shape index (κ2) is 6.68. The van der Waals surface area contributed by atoms with Gasteiger partial charge in [0.15, 0.2) is 0 Å². The largest absolute Gasteiger partial charge is 0.301 e. The zero-order valence-corrected chi connectivity index (χ0v) is 14.0. The molecule has 1 aromatic carbocycles. The fourth-order valence-electron chi connectivity index (χ4n) is 2.13. The van der Waals surface area contributed by atoms with Crippen LogP contribution in [0.1, 0.15) is 21.4 Å². The lowest BCUT2D eigenvalue weighted by Crippen LogP contribution is -2.20. The third-order valence-electron chi connectivity index (χ3n) is 3.12. The first-order valence-electron chi connectivity index (χ1n) is 6.38. The van der Waals surface area contributed by atoms with Crippen LogP contribution in [0.25, 0.3) is 0 Å². The van der Waals surface area contributed by atoms with Crippen LogP contribution in [0.4, 0.5) is 0 Å². The summed E-state index contributed by atoms with van der Waals surface area (Å²) in [6, 6.07) is 17.3. The van der Waals surface area contributed by atoms with Gasteiger partial charge in [0.2, 0.25) is 0 Å². The summed E-state index contributed by atoms with van der Waals surface area (Å²) in [5.41, 5.74) is 1.31. The molecule has 20 heavy (non-hydrogen) atoms. The van der Waals surface area contributed by atoms with Gasteiger partial charge in [0, 0.05) is 20.8 Å². The summed E-state index contributed by atoms with van der Waals surface area (Å²) in [5, 5.41) is 7.92. The highest BCUT2D eigenvalue weighted by atomic mass is 79.9. The third-order valence-corrected chi connectivity index (χ3v) is 5.98. The Kier molecular flexibility index (Phi) is 4.68. The zero-order chi connectivity index (χ0) is 13.8. The number of halogens is 1. The first kappa shape index (κ1) is 14.0. The van der Waals surface area contributed by atoms with E-state index in [-0.39, 0.29) is 6.04 Å². The molecule has 1 N–H and O–H groups in total. The van der Waals surface area contributed by atoms with E-state index in [0.29, 0.717) is 0 Å². The van der Waals surface area contributed by atoms with E-state index in [4.69, 9.17) is 0 Å². The average molecular weight is 364 g/mol. The maximum absolute atomic E-state index is 3.67. The first-order chi connectivity index (χ1) is 9.84. The van der Waals surface area contributed by atoms with E-state index in [0.717, 1.165) is 6.54 Å². The van der Waals surface area contributed by atoms with Gasteiger partial charge in [-0.2, -0.15) is 0 Å². The van der Waals surface area contributed by atoms with Crippen molar-refractivity contribution < 1.29 is 0 Å². The minimum Gasteiger partial charge on any atom is -0.301 e. The van der Waals surface area contributed by atoms with Crippen LogP contribution in [0.3, 0.4) is 0 Å². The van der Waals surface area contributed by atoms with E-state index in [9.17, 15) is 0 Å². The minimum atomic E-state index is 0.255. The summed E-state index contributed by atoms with van der Waals surface area (Å²) in [6.45, 7) is 0.871.